The van der Waals surface area contributed by atoms with E-state index < -0.39 is 0 Å². The molecule has 4 heteroatoms. The summed E-state index contributed by atoms with van der Waals surface area (Å²) < 4.78 is 15.8. The number of carbonyl (C=O) groups is 1. The van der Waals surface area contributed by atoms with Crippen LogP contribution in [0.25, 0.3) is 0 Å². The summed E-state index contributed by atoms with van der Waals surface area (Å²) in [5, 5.41) is 0. The molecule has 0 fully saturated rings. The molecular weight excluding hydrogens is 256 g/mol. The standard InChI is InChI=1S/C16H16O4/c1-18-14-5-3-12(4-6-14)11-20-15-7-8-16(19-2)13(9-15)10-17/h3-10H,11H2,1-2H3. The zero-order valence-electron chi connectivity index (χ0n) is 11.5. The summed E-state index contributed by atoms with van der Waals surface area (Å²) in [6, 6.07) is 12.8. The van der Waals surface area contributed by atoms with Gasteiger partial charge in [-0.1, -0.05) is 12.1 Å². The van der Waals surface area contributed by atoms with E-state index >= 15 is 0 Å². The van der Waals surface area contributed by atoms with E-state index in [0.717, 1.165) is 17.6 Å². The Hall–Kier alpha value is -2.49. The van der Waals surface area contributed by atoms with E-state index in [1.807, 2.05) is 24.3 Å². The van der Waals surface area contributed by atoms with Crippen LogP contribution in [0.4, 0.5) is 0 Å². The van der Waals surface area contributed by atoms with Gasteiger partial charge in [0.15, 0.2) is 6.29 Å². The summed E-state index contributed by atoms with van der Waals surface area (Å²) in [5.41, 5.74) is 1.49. The predicted octanol–water partition coefficient (Wildman–Crippen LogP) is 3.10. The smallest absolute Gasteiger partial charge is 0.153 e. The number of hydrogen-bond donors (Lipinski definition) is 0. The average molecular weight is 272 g/mol. The third kappa shape index (κ3) is 3.29. The quantitative estimate of drug-likeness (QED) is 0.758. The molecule has 0 amide bonds. The fourth-order valence-corrected chi connectivity index (χ4v) is 1.78. The molecule has 0 radical (unpaired) electrons. The van der Waals surface area contributed by atoms with E-state index in [1.54, 1.807) is 25.3 Å². The number of benzene rings is 2. The van der Waals surface area contributed by atoms with E-state index in [1.165, 1.54) is 7.11 Å². The molecule has 0 N–H and O–H groups in total. The van der Waals surface area contributed by atoms with Crippen LogP contribution >= 0.6 is 0 Å². The lowest BCUT2D eigenvalue weighted by molar-refractivity contribution is 0.112. The maximum atomic E-state index is 10.9. The Kier molecular flexibility index (Phi) is 4.60. The van der Waals surface area contributed by atoms with Crippen molar-refractivity contribution in [3.8, 4) is 17.2 Å². The highest BCUT2D eigenvalue weighted by Gasteiger charge is 2.04. The molecule has 0 saturated carbocycles. The van der Waals surface area contributed by atoms with Gasteiger partial charge in [0.2, 0.25) is 0 Å². The molecule has 0 aliphatic heterocycles. The normalized spacial score (nSPS) is 9.90. The van der Waals surface area contributed by atoms with Crippen molar-refractivity contribution in [3.63, 3.8) is 0 Å². The van der Waals surface area contributed by atoms with Crippen LogP contribution in [0.3, 0.4) is 0 Å². The third-order valence-electron chi connectivity index (χ3n) is 2.89. The number of aldehydes is 1. The second kappa shape index (κ2) is 6.61. The largest absolute Gasteiger partial charge is 0.497 e. The Labute approximate surface area is 117 Å². The van der Waals surface area contributed by atoms with Crippen LogP contribution in [-0.4, -0.2) is 20.5 Å². The molecule has 0 spiro atoms. The van der Waals surface area contributed by atoms with Gasteiger partial charge in [-0.3, -0.25) is 4.79 Å². The first-order valence-corrected chi connectivity index (χ1v) is 6.15. The summed E-state index contributed by atoms with van der Waals surface area (Å²) in [7, 11) is 3.16. The van der Waals surface area contributed by atoms with Crippen molar-refractivity contribution < 1.29 is 19.0 Å². The van der Waals surface area contributed by atoms with Crippen LogP contribution < -0.4 is 14.2 Å². The fourth-order valence-electron chi connectivity index (χ4n) is 1.78. The Balaban J connectivity index is 2.04. The van der Waals surface area contributed by atoms with Gasteiger partial charge in [0.05, 0.1) is 19.8 Å². The summed E-state index contributed by atoms with van der Waals surface area (Å²) >= 11 is 0. The van der Waals surface area contributed by atoms with Gasteiger partial charge in [0.1, 0.15) is 23.9 Å². The maximum Gasteiger partial charge on any atom is 0.153 e. The first kappa shape index (κ1) is 13.9. The van der Waals surface area contributed by atoms with Crippen LogP contribution in [0, 0.1) is 0 Å². The number of hydrogen-bond acceptors (Lipinski definition) is 4. The molecule has 0 heterocycles. The highest BCUT2D eigenvalue weighted by atomic mass is 16.5. The molecule has 0 atom stereocenters. The number of ether oxygens (including phenoxy) is 3. The average Bonchev–Trinajstić information content (AvgIpc) is 2.53. The second-order valence-corrected chi connectivity index (χ2v) is 4.16. The third-order valence-corrected chi connectivity index (χ3v) is 2.89. The van der Waals surface area contributed by atoms with Crippen LogP contribution in [0.1, 0.15) is 15.9 Å². The first-order valence-electron chi connectivity index (χ1n) is 6.15. The minimum absolute atomic E-state index is 0.425. The molecule has 20 heavy (non-hydrogen) atoms. The van der Waals surface area contributed by atoms with Gasteiger partial charge in [-0.05, 0) is 35.9 Å². The van der Waals surface area contributed by atoms with Crippen molar-refractivity contribution in [2.45, 2.75) is 6.61 Å². The van der Waals surface area contributed by atoms with E-state index in [-0.39, 0.29) is 0 Å². The molecule has 4 nitrogen and oxygen atoms in total. The molecule has 0 aliphatic rings. The molecule has 0 bridgehead atoms. The van der Waals surface area contributed by atoms with E-state index in [0.29, 0.717) is 23.7 Å². The van der Waals surface area contributed by atoms with Gasteiger partial charge in [-0.25, -0.2) is 0 Å². The van der Waals surface area contributed by atoms with Gasteiger partial charge >= 0.3 is 0 Å². The van der Waals surface area contributed by atoms with Crippen molar-refractivity contribution in [1.29, 1.82) is 0 Å². The van der Waals surface area contributed by atoms with E-state index in [9.17, 15) is 4.79 Å². The van der Waals surface area contributed by atoms with Crippen LogP contribution in [-0.2, 0) is 6.61 Å². The summed E-state index contributed by atoms with van der Waals surface area (Å²) in [5.74, 6) is 1.97. The topological polar surface area (TPSA) is 44.8 Å². The molecule has 2 rings (SSSR count). The predicted molar refractivity (Wildman–Crippen MR) is 75.7 cm³/mol. The molecule has 2 aromatic rings. The maximum absolute atomic E-state index is 10.9. The Morgan fingerprint density at radius 2 is 1.65 bits per heavy atom. The molecule has 0 saturated heterocycles. The molecular formula is C16H16O4. The Bertz CT molecular complexity index is 576. The van der Waals surface area contributed by atoms with Gasteiger partial charge in [0, 0.05) is 0 Å². The lowest BCUT2D eigenvalue weighted by Gasteiger charge is -2.09. The number of methoxy groups -OCH3 is 2. The molecule has 0 aliphatic carbocycles. The van der Waals surface area contributed by atoms with Crippen LogP contribution in [0.2, 0.25) is 0 Å². The summed E-state index contributed by atoms with van der Waals surface area (Å²) in [6.07, 6.45) is 0.749. The number of carbonyl (C=O) groups excluding carboxylic acids is 1. The summed E-state index contributed by atoms with van der Waals surface area (Å²) in [4.78, 5) is 10.9. The lowest BCUT2D eigenvalue weighted by Crippen LogP contribution is -1.97. The first-order chi connectivity index (χ1) is 9.76. The number of rotatable bonds is 6. The highest BCUT2D eigenvalue weighted by Crippen LogP contribution is 2.23. The molecule has 0 unspecified atom stereocenters. The van der Waals surface area contributed by atoms with Crippen molar-refractivity contribution in [1.82, 2.24) is 0 Å². The monoisotopic (exact) mass is 272 g/mol. The zero-order chi connectivity index (χ0) is 14.4. The van der Waals surface area contributed by atoms with Crippen molar-refractivity contribution in [2.24, 2.45) is 0 Å². The SMILES string of the molecule is COc1ccc(COc2ccc(OC)c(C=O)c2)cc1. The van der Waals surface area contributed by atoms with E-state index in [4.69, 9.17) is 14.2 Å². The fraction of sp³-hybridized carbons (Fsp3) is 0.188. The van der Waals surface area contributed by atoms with Crippen LogP contribution in [0.15, 0.2) is 42.5 Å². The Morgan fingerprint density at radius 3 is 2.25 bits per heavy atom. The van der Waals surface area contributed by atoms with Gasteiger partial charge in [-0.15, -0.1) is 0 Å². The molecule has 2 aromatic carbocycles. The van der Waals surface area contributed by atoms with E-state index in [2.05, 4.69) is 0 Å². The second-order valence-electron chi connectivity index (χ2n) is 4.16. The zero-order valence-corrected chi connectivity index (χ0v) is 11.5. The molecule has 104 valence electrons. The van der Waals surface area contributed by atoms with Crippen molar-refractivity contribution in [2.75, 3.05) is 14.2 Å². The lowest BCUT2D eigenvalue weighted by atomic mass is 10.2. The van der Waals surface area contributed by atoms with Gasteiger partial charge in [-0.2, -0.15) is 0 Å². The van der Waals surface area contributed by atoms with Crippen molar-refractivity contribution >= 4 is 6.29 Å². The van der Waals surface area contributed by atoms with Crippen molar-refractivity contribution in [3.05, 3.63) is 53.6 Å². The minimum atomic E-state index is 0.425. The summed E-state index contributed by atoms with van der Waals surface area (Å²) in [6.45, 7) is 0.425. The van der Waals surface area contributed by atoms with Crippen LogP contribution in [0.5, 0.6) is 17.2 Å². The van der Waals surface area contributed by atoms with Gasteiger partial charge < -0.3 is 14.2 Å². The minimum Gasteiger partial charge on any atom is -0.497 e. The highest BCUT2D eigenvalue weighted by molar-refractivity contribution is 5.80. The molecule has 0 aromatic heterocycles. The van der Waals surface area contributed by atoms with Gasteiger partial charge in [0.25, 0.3) is 0 Å². The Morgan fingerprint density at radius 1 is 0.950 bits per heavy atom.